The number of benzene rings is 1. The first-order valence-corrected chi connectivity index (χ1v) is 8.73. The number of unbranched alkanes of at least 4 members (excludes halogenated alkanes) is 1. The molecular formula is C19H18FN5O2. The van der Waals surface area contributed by atoms with Gasteiger partial charge in [-0.1, -0.05) is 12.1 Å². The number of nitroso groups, excluding NO2 is 1. The number of alkyl halides is 1. The molecule has 1 N–H and O–H groups in total. The maximum absolute atomic E-state index is 12.5. The molecule has 0 spiro atoms. The Morgan fingerprint density at radius 2 is 1.96 bits per heavy atom. The third-order valence-electron chi connectivity index (χ3n) is 4.70. The summed E-state index contributed by atoms with van der Waals surface area (Å²) in [6.07, 6.45) is 4.30. The van der Waals surface area contributed by atoms with Crippen molar-refractivity contribution in [2.24, 2.45) is 5.18 Å². The largest absolute Gasteiger partial charge is 0.493 e. The molecule has 0 saturated heterocycles. The molecule has 4 aromatic rings. The molecule has 0 radical (unpaired) electrons. The maximum Gasteiger partial charge on any atom is 0.222 e. The minimum atomic E-state index is -0.356. The van der Waals surface area contributed by atoms with Gasteiger partial charge < -0.3 is 14.2 Å². The summed E-state index contributed by atoms with van der Waals surface area (Å²) in [5, 5.41) is 14.0. The van der Waals surface area contributed by atoms with Crippen molar-refractivity contribution in [1.82, 2.24) is 19.1 Å². The second kappa shape index (κ2) is 7.14. The third-order valence-corrected chi connectivity index (χ3v) is 4.70. The van der Waals surface area contributed by atoms with Gasteiger partial charge in [-0.3, -0.25) is 9.37 Å². The van der Waals surface area contributed by atoms with E-state index in [4.69, 9.17) is 0 Å². The summed E-state index contributed by atoms with van der Waals surface area (Å²) in [5.41, 5.74) is 2.38. The lowest BCUT2D eigenvalue weighted by Crippen LogP contribution is -2.09. The first-order valence-electron chi connectivity index (χ1n) is 8.73. The first kappa shape index (κ1) is 17.1. The average Bonchev–Trinajstić information content (AvgIpc) is 3.17. The Balaban J connectivity index is 1.82. The lowest BCUT2D eigenvalue weighted by Gasteiger charge is -2.11. The van der Waals surface area contributed by atoms with E-state index < -0.39 is 0 Å². The van der Waals surface area contributed by atoms with Gasteiger partial charge in [0.05, 0.1) is 36.0 Å². The molecule has 138 valence electrons. The summed E-state index contributed by atoms with van der Waals surface area (Å²) >= 11 is 0. The quantitative estimate of drug-likeness (QED) is 0.390. The Morgan fingerprint density at radius 3 is 2.78 bits per heavy atom. The lowest BCUT2D eigenvalue weighted by atomic mass is 10.3. The SMILES string of the molecule is O=Nc1c(O)n(Cc2nc3ccccc3n2CCCCF)c2cnccc12. The monoisotopic (exact) mass is 367 g/mol. The fraction of sp³-hybridized carbons (Fsp3) is 0.263. The van der Waals surface area contributed by atoms with E-state index in [-0.39, 0.29) is 24.8 Å². The van der Waals surface area contributed by atoms with Crippen LogP contribution in [-0.4, -0.2) is 30.9 Å². The molecule has 0 aliphatic carbocycles. The lowest BCUT2D eigenvalue weighted by molar-refractivity contribution is 0.423. The molecule has 0 saturated carbocycles. The number of aromatic hydroxyl groups is 1. The predicted molar refractivity (Wildman–Crippen MR) is 101 cm³/mol. The number of fused-ring (bicyclic) bond motifs is 2. The van der Waals surface area contributed by atoms with E-state index in [2.05, 4.69) is 15.1 Å². The van der Waals surface area contributed by atoms with E-state index in [1.165, 1.54) is 0 Å². The van der Waals surface area contributed by atoms with E-state index in [0.29, 0.717) is 36.1 Å². The fourth-order valence-electron chi connectivity index (χ4n) is 3.42. The van der Waals surface area contributed by atoms with Gasteiger partial charge in [0, 0.05) is 18.1 Å². The van der Waals surface area contributed by atoms with E-state index >= 15 is 0 Å². The second-order valence-electron chi connectivity index (χ2n) is 6.31. The van der Waals surface area contributed by atoms with Gasteiger partial charge in [-0.2, -0.15) is 0 Å². The summed E-state index contributed by atoms with van der Waals surface area (Å²) in [6, 6.07) is 9.37. The van der Waals surface area contributed by atoms with Gasteiger partial charge in [-0.05, 0) is 36.2 Å². The van der Waals surface area contributed by atoms with E-state index in [1.807, 2.05) is 28.8 Å². The Kier molecular flexibility index (Phi) is 4.53. The average molecular weight is 367 g/mol. The van der Waals surface area contributed by atoms with Crippen LogP contribution in [0.5, 0.6) is 5.88 Å². The number of nitrogens with zero attached hydrogens (tertiary/aromatic N) is 5. The van der Waals surface area contributed by atoms with E-state index in [0.717, 1.165) is 11.0 Å². The number of hydrogen-bond donors (Lipinski definition) is 1. The van der Waals surface area contributed by atoms with E-state index in [1.54, 1.807) is 23.0 Å². The Bertz CT molecular complexity index is 1120. The van der Waals surface area contributed by atoms with E-state index in [9.17, 15) is 14.4 Å². The minimum Gasteiger partial charge on any atom is -0.493 e. The molecule has 8 heteroatoms. The number of pyridine rings is 1. The number of halogens is 1. The Hall–Kier alpha value is -3.29. The minimum absolute atomic E-state index is 0.00695. The van der Waals surface area contributed by atoms with Gasteiger partial charge in [0.25, 0.3) is 0 Å². The zero-order valence-corrected chi connectivity index (χ0v) is 14.5. The van der Waals surface area contributed by atoms with Crippen LogP contribution < -0.4 is 0 Å². The molecule has 0 amide bonds. The van der Waals surface area contributed by atoms with Crippen LogP contribution in [0.1, 0.15) is 18.7 Å². The molecular weight excluding hydrogens is 349 g/mol. The van der Waals surface area contributed by atoms with Gasteiger partial charge in [0.15, 0.2) is 5.69 Å². The number of hydrogen-bond acceptors (Lipinski definition) is 5. The zero-order valence-electron chi connectivity index (χ0n) is 14.5. The molecule has 0 atom stereocenters. The Labute approximate surface area is 154 Å². The van der Waals surface area contributed by atoms with Crippen molar-refractivity contribution < 1.29 is 9.50 Å². The maximum atomic E-state index is 12.5. The van der Waals surface area contributed by atoms with Crippen LogP contribution in [0.4, 0.5) is 10.1 Å². The molecule has 1 aromatic carbocycles. The molecule has 3 heterocycles. The van der Waals surface area contributed by atoms with Gasteiger partial charge >= 0.3 is 0 Å². The predicted octanol–water partition coefficient (Wildman–Crippen LogP) is 4.29. The Morgan fingerprint density at radius 1 is 1.11 bits per heavy atom. The highest BCUT2D eigenvalue weighted by Gasteiger charge is 2.20. The molecule has 4 rings (SSSR count). The molecule has 0 bridgehead atoms. The first-order chi connectivity index (χ1) is 13.2. The summed E-state index contributed by atoms with van der Waals surface area (Å²) < 4.78 is 16.1. The molecule has 0 fully saturated rings. The molecule has 27 heavy (non-hydrogen) atoms. The van der Waals surface area contributed by atoms with Crippen molar-refractivity contribution in [2.45, 2.75) is 25.9 Å². The smallest absolute Gasteiger partial charge is 0.222 e. The molecule has 0 unspecified atom stereocenters. The van der Waals surface area contributed by atoms with Crippen molar-refractivity contribution in [3.63, 3.8) is 0 Å². The van der Waals surface area contributed by atoms with Crippen molar-refractivity contribution in [3.8, 4) is 5.88 Å². The van der Waals surface area contributed by atoms with Crippen molar-refractivity contribution in [2.75, 3.05) is 6.67 Å². The highest BCUT2D eigenvalue weighted by atomic mass is 19.1. The fourth-order valence-corrected chi connectivity index (χ4v) is 3.42. The normalized spacial score (nSPS) is 11.4. The third kappa shape index (κ3) is 2.92. The number of rotatable bonds is 7. The standard InChI is InChI=1S/C19H18FN5O2/c20-8-3-4-10-24-15-6-2-1-5-14(15)22-17(24)12-25-16-11-21-9-7-13(16)18(23-27)19(25)26/h1-2,5-7,9,11,26H,3-4,8,10,12H2. The highest BCUT2D eigenvalue weighted by Crippen LogP contribution is 2.38. The molecule has 7 nitrogen and oxygen atoms in total. The van der Waals surface area contributed by atoms with Crippen molar-refractivity contribution >= 4 is 27.6 Å². The van der Waals surface area contributed by atoms with Gasteiger partial charge in [-0.15, -0.1) is 4.91 Å². The van der Waals surface area contributed by atoms with Crippen LogP contribution in [0.2, 0.25) is 0 Å². The van der Waals surface area contributed by atoms with Gasteiger partial charge in [-0.25, -0.2) is 4.98 Å². The van der Waals surface area contributed by atoms with Crippen LogP contribution in [-0.2, 0) is 13.1 Å². The highest BCUT2D eigenvalue weighted by molar-refractivity contribution is 5.94. The number of para-hydroxylation sites is 2. The number of aromatic nitrogens is 4. The van der Waals surface area contributed by atoms with Crippen LogP contribution >= 0.6 is 0 Å². The summed E-state index contributed by atoms with van der Waals surface area (Å²) in [6.45, 7) is 0.510. The van der Waals surface area contributed by atoms with Crippen LogP contribution in [0.3, 0.4) is 0 Å². The summed E-state index contributed by atoms with van der Waals surface area (Å²) in [5.74, 6) is 0.499. The summed E-state index contributed by atoms with van der Waals surface area (Å²) in [7, 11) is 0. The van der Waals surface area contributed by atoms with Crippen molar-refractivity contribution in [1.29, 1.82) is 0 Å². The topological polar surface area (TPSA) is 85.3 Å². The van der Waals surface area contributed by atoms with Gasteiger partial charge in [0.1, 0.15) is 5.82 Å². The number of imidazole rings is 1. The van der Waals surface area contributed by atoms with Crippen LogP contribution in [0.25, 0.3) is 21.9 Å². The second-order valence-corrected chi connectivity index (χ2v) is 6.31. The molecule has 0 aliphatic heterocycles. The number of aryl methyl sites for hydroxylation is 1. The van der Waals surface area contributed by atoms with Gasteiger partial charge in [0.2, 0.25) is 5.88 Å². The molecule has 0 aliphatic rings. The van der Waals surface area contributed by atoms with Crippen molar-refractivity contribution in [3.05, 3.63) is 53.5 Å². The summed E-state index contributed by atoms with van der Waals surface area (Å²) in [4.78, 5) is 20.0. The molecule has 3 aromatic heterocycles. The van der Waals surface area contributed by atoms with Crippen LogP contribution in [0, 0.1) is 4.91 Å². The van der Waals surface area contributed by atoms with Crippen LogP contribution in [0.15, 0.2) is 47.9 Å². The zero-order chi connectivity index (χ0) is 18.8.